The van der Waals surface area contributed by atoms with Crippen LogP contribution in [0.15, 0.2) is 18.2 Å². The van der Waals surface area contributed by atoms with Crippen LogP contribution in [0.1, 0.15) is 38.5 Å². The molecule has 0 spiro atoms. The number of hydrogen-bond acceptors (Lipinski definition) is 3. The summed E-state index contributed by atoms with van der Waals surface area (Å²) in [5.41, 5.74) is -0.0105. The summed E-state index contributed by atoms with van der Waals surface area (Å²) in [6.07, 6.45) is 6.69. The van der Waals surface area contributed by atoms with Crippen molar-refractivity contribution in [1.29, 1.82) is 0 Å². The van der Waals surface area contributed by atoms with Crippen molar-refractivity contribution in [2.75, 3.05) is 0 Å². The van der Waals surface area contributed by atoms with Gasteiger partial charge in [0.05, 0.1) is 11.0 Å². The highest BCUT2D eigenvalue weighted by molar-refractivity contribution is 6.30. The van der Waals surface area contributed by atoms with Gasteiger partial charge in [-0.05, 0) is 31.7 Å². The lowest BCUT2D eigenvalue weighted by molar-refractivity contribution is -0.386. The first-order chi connectivity index (χ1) is 8.66. The normalized spacial score (nSPS) is 17.2. The molecule has 0 amide bonds. The molecule has 4 nitrogen and oxygen atoms in total. The summed E-state index contributed by atoms with van der Waals surface area (Å²) >= 11 is 5.87. The molecule has 1 saturated carbocycles. The summed E-state index contributed by atoms with van der Waals surface area (Å²) in [6, 6.07) is 4.44. The Hall–Kier alpha value is -1.29. The quantitative estimate of drug-likeness (QED) is 0.466. The smallest absolute Gasteiger partial charge is 0.311 e. The Bertz CT molecular complexity index is 428. The summed E-state index contributed by atoms with van der Waals surface area (Å²) < 4.78 is 5.78. The number of ether oxygens (including phenoxy) is 1. The second kappa shape index (κ2) is 6.05. The predicted octanol–water partition coefficient (Wildman–Crippen LogP) is 4.35. The van der Waals surface area contributed by atoms with Gasteiger partial charge in [0.25, 0.3) is 0 Å². The standard InChI is InChI=1S/C13H16ClNO3/c14-10-7-8-12(15(16)17)13(9-10)18-11-5-3-1-2-4-6-11/h7-9,11H,1-6H2. The predicted molar refractivity (Wildman–Crippen MR) is 70.2 cm³/mol. The van der Waals surface area contributed by atoms with Crippen LogP contribution in [0.4, 0.5) is 5.69 Å². The number of rotatable bonds is 3. The zero-order chi connectivity index (χ0) is 13.0. The zero-order valence-electron chi connectivity index (χ0n) is 10.1. The number of nitrogens with zero attached hydrogens (tertiary/aromatic N) is 1. The SMILES string of the molecule is O=[N+]([O-])c1ccc(Cl)cc1OC1CCCCCC1. The number of halogens is 1. The largest absolute Gasteiger partial charge is 0.483 e. The molecule has 1 aromatic carbocycles. The molecule has 0 saturated heterocycles. The fraction of sp³-hybridized carbons (Fsp3) is 0.538. The molecule has 0 N–H and O–H groups in total. The zero-order valence-corrected chi connectivity index (χ0v) is 10.9. The van der Waals surface area contributed by atoms with E-state index in [0.717, 1.165) is 25.7 Å². The first-order valence-electron chi connectivity index (χ1n) is 6.27. The van der Waals surface area contributed by atoms with Gasteiger partial charge in [0.1, 0.15) is 0 Å². The second-order valence-electron chi connectivity index (χ2n) is 4.60. The van der Waals surface area contributed by atoms with Crippen molar-refractivity contribution in [2.24, 2.45) is 0 Å². The minimum atomic E-state index is -0.428. The van der Waals surface area contributed by atoms with E-state index in [4.69, 9.17) is 16.3 Å². The number of nitro benzene ring substituents is 1. The van der Waals surface area contributed by atoms with E-state index in [1.807, 2.05) is 0 Å². The lowest BCUT2D eigenvalue weighted by Crippen LogP contribution is -2.15. The summed E-state index contributed by atoms with van der Waals surface area (Å²) in [5.74, 6) is 0.291. The number of benzene rings is 1. The van der Waals surface area contributed by atoms with Crippen molar-refractivity contribution in [3.05, 3.63) is 33.3 Å². The van der Waals surface area contributed by atoms with Crippen molar-refractivity contribution < 1.29 is 9.66 Å². The fourth-order valence-electron chi connectivity index (χ4n) is 2.27. The lowest BCUT2D eigenvalue weighted by atomic mass is 10.1. The Kier molecular flexibility index (Phi) is 4.42. The highest BCUT2D eigenvalue weighted by Gasteiger charge is 2.20. The van der Waals surface area contributed by atoms with Gasteiger partial charge in [0.2, 0.25) is 0 Å². The lowest BCUT2D eigenvalue weighted by Gasteiger charge is -2.16. The molecule has 0 unspecified atom stereocenters. The van der Waals surface area contributed by atoms with Gasteiger partial charge in [-0.2, -0.15) is 0 Å². The minimum Gasteiger partial charge on any atom is -0.483 e. The molecule has 18 heavy (non-hydrogen) atoms. The van der Waals surface area contributed by atoms with Gasteiger partial charge in [-0.25, -0.2) is 0 Å². The monoisotopic (exact) mass is 269 g/mol. The topological polar surface area (TPSA) is 52.4 Å². The molecule has 1 aliphatic rings. The van der Waals surface area contributed by atoms with Crippen LogP contribution in [-0.2, 0) is 0 Å². The molecule has 1 aliphatic carbocycles. The molecule has 0 aliphatic heterocycles. The van der Waals surface area contributed by atoms with E-state index < -0.39 is 4.92 Å². The van der Waals surface area contributed by atoms with Crippen molar-refractivity contribution in [1.82, 2.24) is 0 Å². The van der Waals surface area contributed by atoms with E-state index in [1.165, 1.54) is 31.0 Å². The van der Waals surface area contributed by atoms with Crippen LogP contribution >= 0.6 is 11.6 Å². The van der Waals surface area contributed by atoms with Crippen molar-refractivity contribution in [3.8, 4) is 5.75 Å². The van der Waals surface area contributed by atoms with E-state index in [-0.39, 0.29) is 11.8 Å². The minimum absolute atomic E-state index is 0.0105. The molecular weight excluding hydrogens is 254 g/mol. The highest BCUT2D eigenvalue weighted by atomic mass is 35.5. The van der Waals surface area contributed by atoms with E-state index in [9.17, 15) is 10.1 Å². The van der Waals surface area contributed by atoms with Gasteiger partial charge in [-0.15, -0.1) is 0 Å². The maximum atomic E-state index is 10.9. The van der Waals surface area contributed by atoms with Crippen LogP contribution in [0, 0.1) is 10.1 Å². The highest BCUT2D eigenvalue weighted by Crippen LogP contribution is 2.32. The van der Waals surface area contributed by atoms with Crippen LogP contribution in [0.25, 0.3) is 0 Å². The molecule has 1 aromatic rings. The van der Waals surface area contributed by atoms with E-state index in [1.54, 1.807) is 0 Å². The van der Waals surface area contributed by atoms with Crippen molar-refractivity contribution in [2.45, 2.75) is 44.6 Å². The first-order valence-corrected chi connectivity index (χ1v) is 6.65. The van der Waals surface area contributed by atoms with Crippen LogP contribution in [0.2, 0.25) is 5.02 Å². The second-order valence-corrected chi connectivity index (χ2v) is 5.04. The average molecular weight is 270 g/mol. The third-order valence-corrected chi connectivity index (χ3v) is 3.45. The number of hydrogen-bond donors (Lipinski definition) is 0. The molecule has 0 bridgehead atoms. The Balaban J connectivity index is 2.15. The third kappa shape index (κ3) is 3.35. The molecule has 0 heterocycles. The molecule has 0 aromatic heterocycles. The van der Waals surface area contributed by atoms with Crippen LogP contribution in [-0.4, -0.2) is 11.0 Å². The molecule has 2 rings (SSSR count). The Morgan fingerprint density at radius 1 is 1.22 bits per heavy atom. The molecule has 1 fully saturated rings. The van der Waals surface area contributed by atoms with Gasteiger partial charge < -0.3 is 4.74 Å². The molecule has 0 atom stereocenters. The van der Waals surface area contributed by atoms with E-state index in [0.29, 0.717) is 10.8 Å². The van der Waals surface area contributed by atoms with Crippen LogP contribution in [0.3, 0.4) is 0 Å². The Morgan fingerprint density at radius 3 is 2.50 bits per heavy atom. The van der Waals surface area contributed by atoms with E-state index in [2.05, 4.69) is 0 Å². The van der Waals surface area contributed by atoms with Crippen molar-refractivity contribution >= 4 is 17.3 Å². The summed E-state index contributed by atoms with van der Waals surface area (Å²) in [5, 5.41) is 11.4. The van der Waals surface area contributed by atoms with Crippen LogP contribution in [0.5, 0.6) is 5.75 Å². The van der Waals surface area contributed by atoms with Gasteiger partial charge in [-0.1, -0.05) is 24.4 Å². The average Bonchev–Trinajstić information content (AvgIpc) is 2.57. The number of nitro groups is 1. The van der Waals surface area contributed by atoms with Crippen LogP contribution < -0.4 is 4.74 Å². The maximum Gasteiger partial charge on any atom is 0.311 e. The summed E-state index contributed by atoms with van der Waals surface area (Å²) in [6.45, 7) is 0. The summed E-state index contributed by atoms with van der Waals surface area (Å²) in [4.78, 5) is 10.5. The molecule has 5 heteroatoms. The summed E-state index contributed by atoms with van der Waals surface area (Å²) in [7, 11) is 0. The fourth-order valence-corrected chi connectivity index (χ4v) is 2.43. The van der Waals surface area contributed by atoms with E-state index >= 15 is 0 Å². The van der Waals surface area contributed by atoms with Gasteiger partial charge in [0, 0.05) is 17.2 Å². The third-order valence-electron chi connectivity index (χ3n) is 3.21. The van der Waals surface area contributed by atoms with Gasteiger partial charge in [0.15, 0.2) is 5.75 Å². The van der Waals surface area contributed by atoms with Gasteiger partial charge in [-0.3, -0.25) is 10.1 Å². The Morgan fingerprint density at radius 2 is 1.89 bits per heavy atom. The van der Waals surface area contributed by atoms with Crippen molar-refractivity contribution in [3.63, 3.8) is 0 Å². The molecule has 98 valence electrons. The molecule has 0 radical (unpaired) electrons. The van der Waals surface area contributed by atoms with Gasteiger partial charge >= 0.3 is 5.69 Å². The first kappa shape index (κ1) is 13.1. The Labute approximate surface area is 111 Å². The molecular formula is C13H16ClNO3. The maximum absolute atomic E-state index is 10.9.